The minimum atomic E-state index is -4.85. The Bertz CT molecular complexity index is 984. The van der Waals surface area contributed by atoms with Crippen LogP contribution >= 0.6 is 0 Å². The van der Waals surface area contributed by atoms with E-state index in [9.17, 15) is 26.7 Å². The summed E-state index contributed by atoms with van der Waals surface area (Å²) in [7, 11) is 0. The summed E-state index contributed by atoms with van der Waals surface area (Å²) in [4.78, 5) is 12.4. The number of carbonyl (C=O) groups is 1. The predicted molar refractivity (Wildman–Crippen MR) is 111 cm³/mol. The van der Waals surface area contributed by atoms with E-state index in [1.807, 2.05) is 0 Å². The van der Waals surface area contributed by atoms with Crippen molar-refractivity contribution in [1.29, 1.82) is 0 Å². The highest BCUT2D eigenvalue weighted by Gasteiger charge is 2.25. The van der Waals surface area contributed by atoms with Crippen LogP contribution in [0.4, 0.5) is 22.0 Å². The molecule has 0 atom stereocenters. The molecule has 1 saturated carbocycles. The summed E-state index contributed by atoms with van der Waals surface area (Å²) in [5, 5.41) is 0. The fourth-order valence-corrected chi connectivity index (χ4v) is 3.96. The summed E-state index contributed by atoms with van der Waals surface area (Å²) in [6, 6.07) is 7.81. The smallest absolute Gasteiger partial charge is 0.458 e. The lowest BCUT2D eigenvalue weighted by Crippen LogP contribution is -2.24. The molecule has 2 nitrogen and oxygen atoms in total. The number of halogens is 5. The summed E-state index contributed by atoms with van der Waals surface area (Å²) >= 11 is 0. The maximum atomic E-state index is 14.1. The Morgan fingerprint density at radius 3 is 2.12 bits per heavy atom. The molecule has 0 heterocycles. The number of hydrogen-bond acceptors (Lipinski definition) is 2. The lowest BCUT2D eigenvalue weighted by molar-refractivity contribution is -0.0696. The molecule has 0 radical (unpaired) electrons. The first-order valence-corrected chi connectivity index (χ1v) is 10.6. The topological polar surface area (TPSA) is 26.3 Å². The van der Waals surface area contributed by atoms with Crippen molar-refractivity contribution in [2.45, 2.75) is 57.7 Å². The molecule has 0 N–H and O–H groups in total. The molecule has 0 saturated heterocycles. The van der Waals surface area contributed by atoms with Gasteiger partial charge in [0.05, 0.1) is 11.1 Å². The van der Waals surface area contributed by atoms with Gasteiger partial charge in [0.1, 0.15) is 17.7 Å². The van der Waals surface area contributed by atoms with E-state index in [-0.39, 0.29) is 11.7 Å². The third-order valence-electron chi connectivity index (χ3n) is 5.59. The Labute approximate surface area is 183 Å². The van der Waals surface area contributed by atoms with Crippen molar-refractivity contribution in [1.82, 2.24) is 0 Å². The number of ether oxygens (including phenoxy) is 1. The van der Waals surface area contributed by atoms with E-state index >= 15 is 0 Å². The van der Waals surface area contributed by atoms with Gasteiger partial charge in [-0.05, 0) is 67.0 Å². The van der Waals surface area contributed by atoms with E-state index in [2.05, 4.69) is 6.92 Å². The van der Waals surface area contributed by atoms with Crippen LogP contribution in [0.3, 0.4) is 0 Å². The van der Waals surface area contributed by atoms with Gasteiger partial charge in [-0.3, -0.25) is 0 Å². The van der Waals surface area contributed by atoms with E-state index in [1.54, 1.807) is 0 Å². The van der Waals surface area contributed by atoms with Crippen molar-refractivity contribution < 1.29 is 31.5 Å². The second-order valence-electron chi connectivity index (χ2n) is 7.98. The first-order chi connectivity index (χ1) is 15.2. The molecule has 0 aromatic heterocycles. The molecule has 0 amide bonds. The number of hydrogen-bond donors (Lipinski definition) is 0. The molecule has 0 unspecified atom stereocenters. The van der Waals surface area contributed by atoms with Crippen molar-refractivity contribution in [3.8, 4) is 23.0 Å². The first kappa shape index (κ1) is 23.8. The molecule has 0 spiro atoms. The number of rotatable bonds is 5. The summed E-state index contributed by atoms with van der Waals surface area (Å²) in [6.45, 7) is 2.16. The molecule has 1 aliphatic carbocycles. The molecule has 7 heteroatoms. The predicted octanol–water partition coefficient (Wildman–Crippen LogP) is 7.06. The SMILES string of the molecule is CCCC1CCC(OC(=O)c2ccc(-c3cc(F)c(C#CC(F)(F)F)c(F)c3)cc2)CC1. The quantitative estimate of drug-likeness (QED) is 0.277. The van der Waals surface area contributed by atoms with E-state index in [1.165, 1.54) is 36.6 Å². The van der Waals surface area contributed by atoms with Crippen LogP contribution in [0.2, 0.25) is 0 Å². The lowest BCUT2D eigenvalue weighted by atomic mass is 9.85. The third-order valence-corrected chi connectivity index (χ3v) is 5.59. The summed E-state index contributed by atoms with van der Waals surface area (Å²) in [5.41, 5.74) is -0.112. The van der Waals surface area contributed by atoms with E-state index in [0.717, 1.165) is 50.2 Å². The molecule has 32 heavy (non-hydrogen) atoms. The molecule has 2 aromatic rings. The Hall–Kier alpha value is -2.88. The third kappa shape index (κ3) is 6.32. The number of esters is 1. The van der Waals surface area contributed by atoms with Gasteiger partial charge in [0.2, 0.25) is 0 Å². The first-order valence-electron chi connectivity index (χ1n) is 10.6. The molecule has 0 aliphatic heterocycles. The van der Waals surface area contributed by atoms with Gasteiger partial charge in [-0.2, -0.15) is 13.2 Å². The molecule has 0 bridgehead atoms. The van der Waals surface area contributed by atoms with Crippen molar-refractivity contribution in [3.05, 3.63) is 59.2 Å². The highest BCUT2D eigenvalue weighted by molar-refractivity contribution is 5.90. The highest BCUT2D eigenvalue weighted by atomic mass is 19.4. The second kappa shape index (κ2) is 10.2. The highest BCUT2D eigenvalue weighted by Crippen LogP contribution is 2.30. The van der Waals surface area contributed by atoms with Gasteiger partial charge < -0.3 is 4.74 Å². The zero-order valence-electron chi connectivity index (χ0n) is 17.6. The summed E-state index contributed by atoms with van der Waals surface area (Å²) in [6.07, 6.45) is 1.17. The zero-order valence-corrected chi connectivity index (χ0v) is 17.6. The average molecular weight is 450 g/mol. The maximum absolute atomic E-state index is 14.1. The molecule has 2 aromatic carbocycles. The molecule has 1 aliphatic rings. The largest absolute Gasteiger partial charge is 0.459 e. The van der Waals surface area contributed by atoms with Gasteiger partial charge in [-0.25, -0.2) is 13.6 Å². The summed E-state index contributed by atoms with van der Waals surface area (Å²) in [5.74, 6) is 0.197. The normalized spacial score (nSPS) is 18.6. The van der Waals surface area contributed by atoms with Gasteiger partial charge in [0, 0.05) is 5.92 Å². The Kier molecular flexibility index (Phi) is 7.55. The van der Waals surface area contributed by atoms with Crippen LogP contribution in [-0.4, -0.2) is 18.2 Å². The Morgan fingerprint density at radius 1 is 1.00 bits per heavy atom. The van der Waals surface area contributed by atoms with Crippen LogP contribution in [0.25, 0.3) is 11.1 Å². The van der Waals surface area contributed by atoms with E-state index < -0.39 is 29.3 Å². The Morgan fingerprint density at radius 2 is 1.59 bits per heavy atom. The number of carbonyl (C=O) groups excluding carboxylic acids is 1. The van der Waals surface area contributed by atoms with Crippen LogP contribution in [-0.2, 0) is 4.74 Å². The van der Waals surface area contributed by atoms with Crippen molar-refractivity contribution >= 4 is 5.97 Å². The summed E-state index contributed by atoms with van der Waals surface area (Å²) < 4.78 is 70.4. The van der Waals surface area contributed by atoms with Gasteiger partial charge in [-0.1, -0.05) is 37.8 Å². The second-order valence-corrected chi connectivity index (χ2v) is 7.98. The molecule has 170 valence electrons. The van der Waals surface area contributed by atoms with E-state index in [4.69, 9.17) is 4.74 Å². The van der Waals surface area contributed by atoms with Crippen LogP contribution in [0.5, 0.6) is 0 Å². The van der Waals surface area contributed by atoms with Crippen molar-refractivity contribution in [2.24, 2.45) is 5.92 Å². The van der Waals surface area contributed by atoms with Gasteiger partial charge >= 0.3 is 12.1 Å². The average Bonchev–Trinajstić information content (AvgIpc) is 2.74. The zero-order chi connectivity index (χ0) is 23.3. The van der Waals surface area contributed by atoms with Crippen LogP contribution in [0.15, 0.2) is 36.4 Å². The Balaban J connectivity index is 1.68. The monoisotopic (exact) mass is 450 g/mol. The van der Waals surface area contributed by atoms with Crippen molar-refractivity contribution in [2.75, 3.05) is 0 Å². The minimum Gasteiger partial charge on any atom is -0.459 e. The van der Waals surface area contributed by atoms with E-state index in [0.29, 0.717) is 17.0 Å². The van der Waals surface area contributed by atoms with Crippen LogP contribution in [0.1, 0.15) is 61.4 Å². The number of benzene rings is 2. The minimum absolute atomic E-state index is 0.108. The van der Waals surface area contributed by atoms with Gasteiger partial charge in [0.15, 0.2) is 0 Å². The van der Waals surface area contributed by atoms with Crippen molar-refractivity contribution in [3.63, 3.8) is 0 Å². The van der Waals surface area contributed by atoms with Crippen LogP contribution in [0, 0.1) is 29.4 Å². The van der Waals surface area contributed by atoms with Gasteiger partial charge in [0.25, 0.3) is 0 Å². The fourth-order valence-electron chi connectivity index (χ4n) is 3.96. The number of alkyl halides is 3. The molecular weight excluding hydrogens is 427 g/mol. The maximum Gasteiger partial charge on any atom is 0.458 e. The van der Waals surface area contributed by atoms with Crippen LogP contribution < -0.4 is 0 Å². The molecular formula is C25H23F5O2. The van der Waals surface area contributed by atoms with Gasteiger partial charge in [-0.15, -0.1) is 0 Å². The molecule has 1 fully saturated rings. The lowest BCUT2D eigenvalue weighted by Gasteiger charge is -2.28. The standard InChI is InChI=1S/C25H23F5O2/c1-2-3-16-4-10-20(11-5-16)32-24(31)18-8-6-17(7-9-18)19-14-22(26)21(23(27)15-19)12-13-25(28,29)30/h6-9,14-16,20H,2-5,10-11H2,1H3. The molecule has 3 rings (SSSR count). The fraction of sp³-hybridized carbons (Fsp3) is 0.400.